The first-order chi connectivity index (χ1) is 9.13. The highest BCUT2D eigenvalue weighted by Crippen LogP contribution is 2.51. The molecule has 1 saturated carbocycles. The van der Waals surface area contributed by atoms with E-state index >= 15 is 0 Å². The Balaban J connectivity index is 2.13. The van der Waals surface area contributed by atoms with Gasteiger partial charge >= 0.3 is 0 Å². The average molecular weight is 333 g/mol. The van der Waals surface area contributed by atoms with Crippen LogP contribution in [0.25, 0.3) is 0 Å². The molecule has 2 rings (SSSR count). The van der Waals surface area contributed by atoms with Crippen molar-refractivity contribution in [2.45, 2.75) is 25.2 Å². The third-order valence-electron chi connectivity index (χ3n) is 3.75. The van der Waals surface area contributed by atoms with Gasteiger partial charge in [0.1, 0.15) is 4.99 Å². The molecule has 0 aromatic heterocycles. The molecule has 20 heavy (non-hydrogen) atoms. The van der Waals surface area contributed by atoms with Crippen molar-refractivity contribution in [3.63, 3.8) is 0 Å². The van der Waals surface area contributed by atoms with Gasteiger partial charge in [-0.25, -0.2) is 13.1 Å². The summed E-state index contributed by atoms with van der Waals surface area (Å²) in [4.78, 5) is 0.271. The van der Waals surface area contributed by atoms with Crippen LogP contribution in [0, 0.1) is 11.3 Å². The van der Waals surface area contributed by atoms with Gasteiger partial charge in [0.25, 0.3) is 0 Å². The number of halogens is 1. The maximum Gasteiger partial charge on any atom is 0.240 e. The van der Waals surface area contributed by atoms with E-state index in [1.165, 1.54) is 18.2 Å². The van der Waals surface area contributed by atoms with Crippen molar-refractivity contribution in [3.8, 4) is 0 Å². The van der Waals surface area contributed by atoms with Gasteiger partial charge in [-0.3, -0.25) is 0 Å². The molecule has 1 fully saturated rings. The number of nitrogens with two attached hydrogens (primary N) is 1. The van der Waals surface area contributed by atoms with Gasteiger partial charge in [0, 0.05) is 12.1 Å². The normalized spacial score (nSPS) is 20.6. The molecule has 4 nitrogen and oxygen atoms in total. The summed E-state index contributed by atoms with van der Waals surface area (Å²) in [7, 11) is -3.55. The average Bonchev–Trinajstić information content (AvgIpc) is 2.94. The Morgan fingerprint density at radius 2 is 2.15 bits per heavy atom. The number of sulfonamides is 1. The van der Waals surface area contributed by atoms with Crippen molar-refractivity contribution in [1.29, 1.82) is 0 Å². The lowest BCUT2D eigenvalue weighted by Crippen LogP contribution is -2.27. The Morgan fingerprint density at radius 3 is 2.60 bits per heavy atom. The van der Waals surface area contributed by atoms with Crippen molar-refractivity contribution in [2.24, 2.45) is 17.1 Å². The minimum Gasteiger partial charge on any atom is -0.389 e. The lowest BCUT2D eigenvalue weighted by molar-refractivity contribution is 0.537. The molecule has 0 spiro atoms. The zero-order chi connectivity index (χ0) is 15.1. The first kappa shape index (κ1) is 15.7. The van der Waals surface area contributed by atoms with Crippen molar-refractivity contribution in [2.75, 3.05) is 6.54 Å². The first-order valence-electron chi connectivity index (χ1n) is 6.22. The fraction of sp³-hybridized carbons (Fsp3) is 0.462. The molecule has 1 aliphatic carbocycles. The Labute approximate surface area is 129 Å². The van der Waals surface area contributed by atoms with Crippen LogP contribution in [-0.2, 0) is 10.0 Å². The SMILES string of the molecule is CC1(C)CC1CNS(=O)(=O)c1ccc(C(N)=S)c(Cl)c1. The second kappa shape index (κ2) is 5.26. The topological polar surface area (TPSA) is 72.2 Å². The van der Waals surface area contributed by atoms with Gasteiger partial charge in [-0.05, 0) is 36.0 Å². The summed E-state index contributed by atoms with van der Waals surface area (Å²) in [5, 5.41) is 0.243. The molecule has 0 amide bonds. The summed E-state index contributed by atoms with van der Waals surface area (Å²) in [5.74, 6) is 0.392. The molecule has 0 heterocycles. The number of rotatable bonds is 5. The highest BCUT2D eigenvalue weighted by molar-refractivity contribution is 7.89. The van der Waals surface area contributed by atoms with Crippen LogP contribution in [0.2, 0.25) is 5.02 Å². The van der Waals surface area contributed by atoms with Crippen molar-refractivity contribution in [3.05, 3.63) is 28.8 Å². The summed E-state index contributed by atoms with van der Waals surface area (Å²) >= 11 is 10.8. The van der Waals surface area contributed by atoms with Crippen LogP contribution in [0.4, 0.5) is 0 Å². The lowest BCUT2D eigenvalue weighted by Gasteiger charge is -2.09. The second-order valence-corrected chi connectivity index (χ2v) is 8.36. The number of hydrogen-bond donors (Lipinski definition) is 2. The summed E-state index contributed by atoms with van der Waals surface area (Å²) in [6, 6.07) is 4.36. The number of nitrogens with one attached hydrogen (secondary N) is 1. The highest BCUT2D eigenvalue weighted by Gasteiger charge is 2.45. The van der Waals surface area contributed by atoms with E-state index in [9.17, 15) is 8.42 Å². The van der Waals surface area contributed by atoms with Crippen LogP contribution < -0.4 is 10.5 Å². The van der Waals surface area contributed by atoms with E-state index in [1.54, 1.807) is 0 Å². The molecular weight excluding hydrogens is 316 g/mol. The van der Waals surface area contributed by atoms with E-state index in [0.29, 0.717) is 18.0 Å². The van der Waals surface area contributed by atoms with Gasteiger partial charge in [-0.2, -0.15) is 0 Å². The maximum absolute atomic E-state index is 12.2. The summed E-state index contributed by atoms with van der Waals surface area (Å²) < 4.78 is 27.0. The van der Waals surface area contributed by atoms with Gasteiger partial charge in [-0.1, -0.05) is 37.7 Å². The van der Waals surface area contributed by atoms with Crippen molar-refractivity contribution in [1.82, 2.24) is 4.72 Å². The Morgan fingerprint density at radius 1 is 1.55 bits per heavy atom. The van der Waals surface area contributed by atoms with Gasteiger partial charge in [0.05, 0.1) is 9.92 Å². The smallest absolute Gasteiger partial charge is 0.240 e. The van der Waals surface area contributed by atoms with E-state index in [2.05, 4.69) is 18.6 Å². The summed E-state index contributed by atoms with van der Waals surface area (Å²) in [6.45, 7) is 4.70. The van der Waals surface area contributed by atoms with Gasteiger partial charge in [0.15, 0.2) is 0 Å². The van der Waals surface area contributed by atoms with Gasteiger partial charge in [0.2, 0.25) is 10.0 Å². The van der Waals surface area contributed by atoms with E-state index in [4.69, 9.17) is 29.6 Å². The molecule has 3 N–H and O–H groups in total. The van der Waals surface area contributed by atoms with Crippen LogP contribution in [-0.4, -0.2) is 20.0 Å². The van der Waals surface area contributed by atoms with Crippen LogP contribution in [0.1, 0.15) is 25.8 Å². The summed E-state index contributed by atoms with van der Waals surface area (Å²) in [5.41, 5.74) is 6.20. The molecule has 0 radical (unpaired) electrons. The van der Waals surface area contributed by atoms with Crippen LogP contribution in [0.15, 0.2) is 23.1 Å². The zero-order valence-corrected chi connectivity index (χ0v) is 13.7. The predicted octanol–water partition coefficient (Wildman–Crippen LogP) is 2.30. The number of thiocarbonyl (C=S) groups is 1. The second-order valence-electron chi connectivity index (χ2n) is 5.75. The largest absolute Gasteiger partial charge is 0.389 e. The van der Waals surface area contributed by atoms with E-state index in [1.807, 2.05) is 0 Å². The van der Waals surface area contributed by atoms with Gasteiger partial charge in [-0.15, -0.1) is 0 Å². The number of benzene rings is 1. The minimum absolute atomic E-state index is 0.126. The molecule has 0 saturated heterocycles. The zero-order valence-electron chi connectivity index (χ0n) is 11.3. The highest BCUT2D eigenvalue weighted by atomic mass is 35.5. The molecular formula is C13H17ClN2O2S2. The Kier molecular flexibility index (Phi) is 4.12. The molecule has 1 aliphatic rings. The molecule has 1 aromatic carbocycles. The predicted molar refractivity (Wildman–Crippen MR) is 84.4 cm³/mol. The Hall–Kier alpha value is -0.690. The van der Waals surface area contributed by atoms with Crippen LogP contribution in [0.5, 0.6) is 0 Å². The van der Waals surface area contributed by atoms with Crippen LogP contribution >= 0.6 is 23.8 Å². The molecule has 110 valence electrons. The summed E-state index contributed by atoms with van der Waals surface area (Å²) in [6.07, 6.45) is 1.04. The molecule has 1 unspecified atom stereocenters. The third kappa shape index (κ3) is 3.31. The standard InChI is InChI=1S/C13H17ClN2O2S2/c1-13(2)6-8(13)7-16-20(17,18)9-3-4-10(12(15)19)11(14)5-9/h3-5,8,16H,6-7H2,1-2H3,(H2,15,19). The van der Waals surface area contributed by atoms with Crippen molar-refractivity contribution >= 4 is 38.8 Å². The number of hydrogen-bond acceptors (Lipinski definition) is 3. The molecule has 0 bridgehead atoms. The van der Waals surface area contributed by atoms with E-state index in [-0.39, 0.29) is 20.3 Å². The third-order valence-corrected chi connectivity index (χ3v) is 5.71. The first-order valence-corrected chi connectivity index (χ1v) is 8.49. The van der Waals surface area contributed by atoms with Crippen molar-refractivity contribution < 1.29 is 8.42 Å². The van der Waals surface area contributed by atoms with E-state index < -0.39 is 10.0 Å². The molecule has 0 aliphatic heterocycles. The van der Waals surface area contributed by atoms with Crippen LogP contribution in [0.3, 0.4) is 0 Å². The quantitative estimate of drug-likeness (QED) is 0.811. The molecule has 7 heteroatoms. The van der Waals surface area contributed by atoms with Gasteiger partial charge < -0.3 is 5.73 Å². The maximum atomic E-state index is 12.2. The fourth-order valence-corrected chi connectivity index (χ4v) is 3.77. The lowest BCUT2D eigenvalue weighted by atomic mass is 10.1. The fourth-order valence-electron chi connectivity index (χ4n) is 2.08. The monoisotopic (exact) mass is 332 g/mol. The Bertz CT molecular complexity index is 656. The van der Waals surface area contributed by atoms with E-state index in [0.717, 1.165) is 6.42 Å². The molecule has 1 aromatic rings. The molecule has 1 atom stereocenters. The minimum atomic E-state index is -3.55.